The van der Waals surface area contributed by atoms with Crippen LogP contribution in [0.5, 0.6) is 0 Å². The maximum Gasteiger partial charge on any atom is 0.253 e. The van der Waals surface area contributed by atoms with Gasteiger partial charge in [-0.05, 0) is 93.2 Å². The van der Waals surface area contributed by atoms with E-state index in [9.17, 15) is 14.4 Å². The Morgan fingerprint density at radius 3 is 2.14 bits per heavy atom. The van der Waals surface area contributed by atoms with Gasteiger partial charge in [-0.25, -0.2) is 0 Å². The Hall–Kier alpha value is -2.41. The molecule has 0 radical (unpaired) electrons. The lowest BCUT2D eigenvalue weighted by molar-refractivity contribution is -0.146. The lowest BCUT2D eigenvalue weighted by atomic mass is 9.49. The monoisotopic (exact) mass is 495 g/mol. The number of rotatable bonds is 9. The summed E-state index contributed by atoms with van der Waals surface area (Å²) in [6.07, 6.45) is 9.42. The van der Waals surface area contributed by atoms with Gasteiger partial charge in [0, 0.05) is 56.8 Å². The third kappa shape index (κ3) is 5.46. The molecule has 2 N–H and O–H groups in total. The van der Waals surface area contributed by atoms with Crippen molar-refractivity contribution in [3.05, 3.63) is 35.4 Å². The number of nitrogens with zero attached hydrogens (tertiary/aromatic N) is 1. The Balaban J connectivity index is 1.07. The first-order valence-electron chi connectivity index (χ1n) is 13.9. The lowest BCUT2D eigenvalue weighted by Crippen LogP contribution is -2.53. The highest BCUT2D eigenvalue weighted by atomic mass is 16.5. The normalized spacial score (nSPS) is 29.2. The van der Waals surface area contributed by atoms with E-state index in [0.717, 1.165) is 49.0 Å². The average molecular weight is 496 g/mol. The third-order valence-electron chi connectivity index (χ3n) is 9.15. The molecule has 1 aromatic carbocycles. The SMILES string of the molecule is COCCCNC(=O)C1CCN(C(=O)c2ccc(CNC(=O)C34CC5CC(CC(C5)C3)C4)cc2)CC1. The van der Waals surface area contributed by atoms with Gasteiger partial charge in [0.2, 0.25) is 11.8 Å². The van der Waals surface area contributed by atoms with E-state index in [2.05, 4.69) is 10.6 Å². The fraction of sp³-hybridized carbons (Fsp3) is 0.690. The molecule has 5 aliphatic rings. The molecule has 4 bridgehead atoms. The Kier molecular flexibility index (Phi) is 7.65. The van der Waals surface area contributed by atoms with E-state index in [0.29, 0.717) is 51.2 Å². The van der Waals surface area contributed by atoms with Crippen molar-refractivity contribution in [2.45, 2.75) is 64.3 Å². The van der Waals surface area contributed by atoms with Crippen LogP contribution in [0.4, 0.5) is 0 Å². The smallest absolute Gasteiger partial charge is 0.253 e. The molecule has 7 heteroatoms. The molecule has 1 aliphatic heterocycles. The average Bonchev–Trinajstić information content (AvgIpc) is 2.89. The molecule has 0 atom stereocenters. The van der Waals surface area contributed by atoms with E-state index in [4.69, 9.17) is 4.74 Å². The van der Waals surface area contributed by atoms with Gasteiger partial charge in [0.15, 0.2) is 0 Å². The Labute approximate surface area is 214 Å². The highest BCUT2D eigenvalue weighted by Crippen LogP contribution is 2.60. The molecular formula is C29H41N3O4. The molecule has 1 saturated heterocycles. The van der Waals surface area contributed by atoms with E-state index >= 15 is 0 Å². The lowest BCUT2D eigenvalue weighted by Gasteiger charge is -2.55. The minimum Gasteiger partial charge on any atom is -0.385 e. The molecule has 1 heterocycles. The summed E-state index contributed by atoms with van der Waals surface area (Å²) in [5.41, 5.74) is 1.56. The van der Waals surface area contributed by atoms with Crippen molar-refractivity contribution in [2.75, 3.05) is 33.4 Å². The molecule has 0 unspecified atom stereocenters. The first-order chi connectivity index (χ1) is 17.5. The van der Waals surface area contributed by atoms with Crippen LogP contribution in [0.3, 0.4) is 0 Å². The summed E-state index contributed by atoms with van der Waals surface area (Å²) in [5, 5.41) is 6.20. The number of carbonyl (C=O) groups is 3. The summed E-state index contributed by atoms with van der Waals surface area (Å²) >= 11 is 0. The summed E-state index contributed by atoms with van der Waals surface area (Å²) in [4.78, 5) is 40.4. The molecule has 7 nitrogen and oxygen atoms in total. The number of amides is 3. The number of benzene rings is 1. The van der Waals surface area contributed by atoms with Crippen molar-refractivity contribution < 1.29 is 19.1 Å². The number of carbonyl (C=O) groups excluding carboxylic acids is 3. The maximum absolute atomic E-state index is 13.2. The Bertz CT molecular complexity index is 916. The van der Waals surface area contributed by atoms with Crippen LogP contribution in [0.25, 0.3) is 0 Å². The molecular weight excluding hydrogens is 454 g/mol. The number of hydrogen-bond donors (Lipinski definition) is 2. The highest BCUT2D eigenvalue weighted by Gasteiger charge is 2.54. The summed E-state index contributed by atoms with van der Waals surface area (Å²) in [5.74, 6) is 2.58. The van der Waals surface area contributed by atoms with E-state index < -0.39 is 0 Å². The first kappa shape index (κ1) is 25.2. The molecule has 1 aromatic rings. The van der Waals surface area contributed by atoms with Crippen LogP contribution in [-0.2, 0) is 20.9 Å². The van der Waals surface area contributed by atoms with Crippen molar-refractivity contribution in [2.24, 2.45) is 29.1 Å². The fourth-order valence-electron chi connectivity index (χ4n) is 7.62. The highest BCUT2D eigenvalue weighted by molar-refractivity contribution is 5.94. The predicted octanol–water partition coefficient (Wildman–Crippen LogP) is 3.52. The van der Waals surface area contributed by atoms with Gasteiger partial charge >= 0.3 is 0 Å². The van der Waals surface area contributed by atoms with Crippen molar-refractivity contribution in [1.29, 1.82) is 0 Å². The standard InChI is InChI=1S/C29H41N3O4/c1-36-12-2-9-30-26(33)24-7-10-32(11-8-24)27(34)25-5-3-20(4-6-25)19-31-28(35)29-16-21-13-22(17-29)15-23(14-21)18-29/h3-6,21-24H,2,7-19H2,1H3,(H,30,33)(H,31,35). The minimum absolute atomic E-state index is 0.0121. The van der Waals surface area contributed by atoms with Crippen molar-refractivity contribution in [3.63, 3.8) is 0 Å². The molecule has 5 fully saturated rings. The first-order valence-corrected chi connectivity index (χ1v) is 13.9. The van der Waals surface area contributed by atoms with Crippen LogP contribution in [-0.4, -0.2) is 56.0 Å². The zero-order chi connectivity index (χ0) is 25.1. The second-order valence-electron chi connectivity index (χ2n) is 11.8. The summed E-state index contributed by atoms with van der Waals surface area (Å²) in [6, 6.07) is 7.63. The van der Waals surface area contributed by atoms with Crippen molar-refractivity contribution >= 4 is 17.7 Å². The zero-order valence-corrected chi connectivity index (χ0v) is 21.6. The van der Waals surface area contributed by atoms with Gasteiger partial charge in [-0.2, -0.15) is 0 Å². The molecule has 36 heavy (non-hydrogen) atoms. The van der Waals surface area contributed by atoms with Crippen LogP contribution in [0.15, 0.2) is 24.3 Å². The van der Waals surface area contributed by atoms with Crippen LogP contribution >= 0.6 is 0 Å². The summed E-state index contributed by atoms with van der Waals surface area (Å²) in [7, 11) is 1.66. The number of ether oxygens (including phenoxy) is 1. The number of nitrogens with one attached hydrogen (secondary N) is 2. The van der Waals surface area contributed by atoms with Crippen LogP contribution in [0.2, 0.25) is 0 Å². The quantitative estimate of drug-likeness (QED) is 0.513. The summed E-state index contributed by atoms with van der Waals surface area (Å²) in [6.45, 7) is 2.97. The van der Waals surface area contributed by atoms with Gasteiger partial charge in [-0.15, -0.1) is 0 Å². The number of methoxy groups -OCH3 is 1. The molecule has 0 spiro atoms. The summed E-state index contributed by atoms with van der Waals surface area (Å²) < 4.78 is 5.01. The van der Waals surface area contributed by atoms with E-state index in [1.165, 1.54) is 19.3 Å². The van der Waals surface area contributed by atoms with E-state index in [1.807, 2.05) is 29.2 Å². The number of piperidine rings is 1. The predicted molar refractivity (Wildman–Crippen MR) is 137 cm³/mol. The maximum atomic E-state index is 13.2. The van der Waals surface area contributed by atoms with Crippen LogP contribution < -0.4 is 10.6 Å². The largest absolute Gasteiger partial charge is 0.385 e. The molecule has 6 rings (SSSR count). The van der Waals surface area contributed by atoms with Crippen molar-refractivity contribution in [1.82, 2.24) is 15.5 Å². The topological polar surface area (TPSA) is 87.7 Å². The van der Waals surface area contributed by atoms with Gasteiger partial charge in [-0.3, -0.25) is 14.4 Å². The zero-order valence-electron chi connectivity index (χ0n) is 21.6. The number of hydrogen-bond acceptors (Lipinski definition) is 4. The van der Waals surface area contributed by atoms with Gasteiger partial charge in [0.05, 0.1) is 0 Å². The van der Waals surface area contributed by atoms with Gasteiger partial charge in [0.25, 0.3) is 5.91 Å². The molecule has 196 valence electrons. The van der Waals surface area contributed by atoms with E-state index in [-0.39, 0.29) is 29.1 Å². The van der Waals surface area contributed by atoms with Crippen LogP contribution in [0.1, 0.15) is 73.7 Å². The van der Waals surface area contributed by atoms with E-state index in [1.54, 1.807) is 7.11 Å². The number of likely N-dealkylation sites (tertiary alicyclic amines) is 1. The van der Waals surface area contributed by atoms with Gasteiger partial charge < -0.3 is 20.3 Å². The Morgan fingerprint density at radius 2 is 1.56 bits per heavy atom. The molecule has 4 aliphatic carbocycles. The fourth-order valence-corrected chi connectivity index (χ4v) is 7.62. The van der Waals surface area contributed by atoms with Crippen LogP contribution in [0, 0.1) is 29.1 Å². The molecule has 3 amide bonds. The van der Waals surface area contributed by atoms with Crippen molar-refractivity contribution in [3.8, 4) is 0 Å². The van der Waals surface area contributed by atoms with Gasteiger partial charge in [-0.1, -0.05) is 12.1 Å². The molecule has 4 saturated carbocycles. The third-order valence-corrected chi connectivity index (χ3v) is 9.15. The Morgan fingerprint density at radius 1 is 0.944 bits per heavy atom. The second-order valence-corrected chi connectivity index (χ2v) is 11.8. The second kappa shape index (κ2) is 10.9. The molecule has 0 aromatic heterocycles. The minimum atomic E-state index is -0.127. The van der Waals surface area contributed by atoms with Gasteiger partial charge in [0.1, 0.15) is 0 Å².